The first-order valence-electron chi connectivity index (χ1n) is 8.14. The summed E-state index contributed by atoms with van der Waals surface area (Å²) < 4.78 is 10.8. The highest BCUT2D eigenvalue weighted by Gasteiger charge is 2.30. The Kier molecular flexibility index (Phi) is 6.14. The van der Waals surface area contributed by atoms with E-state index in [2.05, 4.69) is 0 Å². The third-order valence-corrected chi connectivity index (χ3v) is 4.77. The third-order valence-electron chi connectivity index (χ3n) is 4.03. The van der Waals surface area contributed by atoms with Gasteiger partial charge in [0.15, 0.2) is 0 Å². The summed E-state index contributed by atoms with van der Waals surface area (Å²) in [7, 11) is 0. The second-order valence-electron chi connectivity index (χ2n) is 5.76. The highest BCUT2D eigenvalue weighted by atomic mass is 35.5. The van der Waals surface area contributed by atoms with Gasteiger partial charge in [-0.15, -0.1) is 0 Å². The number of esters is 1. The van der Waals surface area contributed by atoms with Gasteiger partial charge in [0, 0.05) is 18.7 Å². The molecule has 2 aromatic rings. The van der Waals surface area contributed by atoms with Gasteiger partial charge >= 0.3 is 5.97 Å². The summed E-state index contributed by atoms with van der Waals surface area (Å²) in [6.45, 7) is 1.86. The van der Waals surface area contributed by atoms with Crippen molar-refractivity contribution in [3.8, 4) is 0 Å². The average molecular weight is 394 g/mol. The van der Waals surface area contributed by atoms with E-state index in [1.54, 1.807) is 29.2 Å². The van der Waals surface area contributed by atoms with Crippen LogP contribution < -0.4 is 0 Å². The lowest BCUT2D eigenvalue weighted by molar-refractivity contribution is -0.145. The van der Waals surface area contributed by atoms with Crippen LogP contribution in [0.15, 0.2) is 48.5 Å². The van der Waals surface area contributed by atoms with Gasteiger partial charge in [-0.25, -0.2) is 4.79 Å². The van der Waals surface area contributed by atoms with Crippen molar-refractivity contribution in [3.05, 3.63) is 69.7 Å². The van der Waals surface area contributed by atoms with Crippen molar-refractivity contribution >= 4 is 35.1 Å². The van der Waals surface area contributed by atoms with E-state index < -0.39 is 12.1 Å². The summed E-state index contributed by atoms with van der Waals surface area (Å²) in [6, 6.07) is 13.4. The van der Waals surface area contributed by atoms with Crippen molar-refractivity contribution in [1.82, 2.24) is 4.90 Å². The molecule has 1 saturated heterocycles. The van der Waals surface area contributed by atoms with E-state index in [-0.39, 0.29) is 16.5 Å². The lowest BCUT2D eigenvalue weighted by Crippen LogP contribution is -2.44. The van der Waals surface area contributed by atoms with Crippen LogP contribution in [0, 0.1) is 0 Å². The molecular weight excluding hydrogens is 377 g/mol. The number of hydrogen-bond acceptors (Lipinski definition) is 4. The summed E-state index contributed by atoms with van der Waals surface area (Å²) in [5.41, 5.74) is 0.840. The summed E-state index contributed by atoms with van der Waals surface area (Å²) >= 11 is 11.8. The Labute approximate surface area is 161 Å². The van der Waals surface area contributed by atoms with Crippen molar-refractivity contribution in [3.63, 3.8) is 0 Å². The zero-order chi connectivity index (χ0) is 18.5. The zero-order valence-corrected chi connectivity index (χ0v) is 15.4. The first-order chi connectivity index (χ1) is 12.6. The molecule has 0 aliphatic carbocycles. The molecule has 3 rings (SSSR count). The van der Waals surface area contributed by atoms with Crippen LogP contribution in [0.5, 0.6) is 0 Å². The van der Waals surface area contributed by atoms with E-state index in [1.165, 1.54) is 18.2 Å². The molecule has 0 N–H and O–H groups in total. The number of carbonyl (C=O) groups is 2. The predicted molar refractivity (Wildman–Crippen MR) is 98.5 cm³/mol. The Morgan fingerprint density at radius 2 is 1.69 bits per heavy atom. The Morgan fingerprint density at radius 1 is 1.00 bits per heavy atom. The molecule has 1 aliphatic rings. The number of amides is 1. The maximum atomic E-state index is 12.9. The van der Waals surface area contributed by atoms with Gasteiger partial charge in [-0.05, 0) is 18.2 Å². The SMILES string of the molecule is O=C(O[C@@H](C(=O)N1CCOCC1)c1ccccc1)c1ccc(Cl)c(Cl)c1. The van der Waals surface area contributed by atoms with Crippen LogP contribution in [0.1, 0.15) is 22.0 Å². The van der Waals surface area contributed by atoms with Gasteiger partial charge in [0.1, 0.15) is 0 Å². The molecule has 136 valence electrons. The number of carbonyl (C=O) groups excluding carboxylic acids is 2. The van der Waals surface area contributed by atoms with E-state index in [0.29, 0.717) is 36.9 Å². The molecule has 5 nitrogen and oxygen atoms in total. The van der Waals surface area contributed by atoms with Crippen molar-refractivity contribution in [2.24, 2.45) is 0 Å². The normalized spacial score (nSPS) is 15.4. The molecule has 0 bridgehead atoms. The van der Waals surface area contributed by atoms with Crippen LogP contribution in [0.3, 0.4) is 0 Å². The van der Waals surface area contributed by atoms with Gasteiger partial charge in [0.05, 0.1) is 28.8 Å². The quantitative estimate of drug-likeness (QED) is 0.742. The number of halogens is 2. The molecule has 0 spiro atoms. The first kappa shape index (κ1) is 18.7. The van der Waals surface area contributed by atoms with Crippen LogP contribution in [0.2, 0.25) is 10.0 Å². The Balaban J connectivity index is 1.84. The average Bonchev–Trinajstić information content (AvgIpc) is 2.69. The summed E-state index contributed by atoms with van der Waals surface area (Å²) in [5, 5.41) is 0.587. The maximum absolute atomic E-state index is 12.9. The standard InChI is InChI=1S/C19H17Cl2NO4/c20-15-7-6-14(12-16(15)21)19(24)26-17(13-4-2-1-3-5-13)18(23)22-8-10-25-11-9-22/h1-7,12,17H,8-11H2/t17-/m1/s1. The van der Waals surface area contributed by atoms with Crippen molar-refractivity contribution in [2.75, 3.05) is 26.3 Å². The molecule has 1 aliphatic heterocycles. The van der Waals surface area contributed by atoms with E-state index >= 15 is 0 Å². The van der Waals surface area contributed by atoms with E-state index in [4.69, 9.17) is 32.7 Å². The summed E-state index contributed by atoms with van der Waals surface area (Å²) in [6.07, 6.45) is -1.03. The third kappa shape index (κ3) is 4.36. The smallest absolute Gasteiger partial charge is 0.339 e. The van der Waals surface area contributed by atoms with Crippen LogP contribution in [-0.2, 0) is 14.3 Å². The van der Waals surface area contributed by atoms with Crippen molar-refractivity contribution < 1.29 is 19.1 Å². The first-order valence-corrected chi connectivity index (χ1v) is 8.89. The molecule has 0 unspecified atom stereocenters. The van der Waals surface area contributed by atoms with Gasteiger partial charge in [0.25, 0.3) is 5.91 Å². The fourth-order valence-electron chi connectivity index (χ4n) is 2.64. The lowest BCUT2D eigenvalue weighted by Gasteiger charge is -2.30. The van der Waals surface area contributed by atoms with E-state index in [0.717, 1.165) is 0 Å². The molecule has 1 amide bonds. The van der Waals surface area contributed by atoms with Crippen LogP contribution in [-0.4, -0.2) is 43.1 Å². The van der Waals surface area contributed by atoms with Gasteiger partial charge < -0.3 is 14.4 Å². The highest BCUT2D eigenvalue weighted by Crippen LogP contribution is 2.26. The summed E-state index contributed by atoms with van der Waals surface area (Å²) in [4.78, 5) is 27.1. The maximum Gasteiger partial charge on any atom is 0.339 e. The molecular formula is C19H17Cl2NO4. The second kappa shape index (κ2) is 8.54. The monoisotopic (exact) mass is 393 g/mol. The van der Waals surface area contributed by atoms with Crippen LogP contribution >= 0.6 is 23.2 Å². The molecule has 26 heavy (non-hydrogen) atoms. The minimum atomic E-state index is -1.03. The van der Waals surface area contributed by atoms with Crippen molar-refractivity contribution in [1.29, 1.82) is 0 Å². The molecule has 7 heteroatoms. The van der Waals surface area contributed by atoms with Crippen LogP contribution in [0.25, 0.3) is 0 Å². The number of rotatable bonds is 4. The highest BCUT2D eigenvalue weighted by molar-refractivity contribution is 6.42. The van der Waals surface area contributed by atoms with Gasteiger partial charge in [0.2, 0.25) is 6.10 Å². The fourth-order valence-corrected chi connectivity index (χ4v) is 2.93. The molecule has 1 atom stereocenters. The minimum Gasteiger partial charge on any atom is -0.444 e. The Hall–Kier alpha value is -2.08. The van der Waals surface area contributed by atoms with Crippen molar-refractivity contribution in [2.45, 2.75) is 6.10 Å². The topological polar surface area (TPSA) is 55.8 Å². The Bertz CT molecular complexity index is 791. The van der Waals surface area contributed by atoms with Gasteiger partial charge in [-0.2, -0.15) is 0 Å². The predicted octanol–water partition coefficient (Wildman–Crippen LogP) is 3.75. The second-order valence-corrected chi connectivity index (χ2v) is 6.58. The van der Waals surface area contributed by atoms with Gasteiger partial charge in [-0.3, -0.25) is 4.79 Å². The molecule has 0 saturated carbocycles. The molecule has 0 radical (unpaired) electrons. The molecule has 2 aromatic carbocycles. The number of morpholine rings is 1. The number of hydrogen-bond donors (Lipinski definition) is 0. The molecule has 0 aromatic heterocycles. The van der Waals surface area contributed by atoms with Crippen LogP contribution in [0.4, 0.5) is 0 Å². The summed E-state index contributed by atoms with van der Waals surface area (Å²) in [5.74, 6) is -0.910. The van der Waals surface area contributed by atoms with E-state index in [9.17, 15) is 9.59 Å². The van der Waals surface area contributed by atoms with Gasteiger partial charge in [-0.1, -0.05) is 53.5 Å². The molecule has 1 fully saturated rings. The number of benzene rings is 2. The fraction of sp³-hybridized carbons (Fsp3) is 0.263. The lowest BCUT2D eigenvalue weighted by atomic mass is 10.1. The zero-order valence-electron chi connectivity index (χ0n) is 13.9. The Morgan fingerprint density at radius 3 is 2.35 bits per heavy atom. The largest absolute Gasteiger partial charge is 0.444 e. The number of nitrogens with zero attached hydrogens (tertiary/aromatic N) is 1. The molecule has 1 heterocycles. The minimum absolute atomic E-state index is 0.232. The number of ether oxygens (including phenoxy) is 2. The van der Waals surface area contributed by atoms with E-state index in [1.807, 2.05) is 6.07 Å².